The van der Waals surface area contributed by atoms with E-state index in [0.29, 0.717) is 23.0 Å². The van der Waals surface area contributed by atoms with E-state index in [2.05, 4.69) is 34.0 Å². The zero-order valence-corrected chi connectivity index (χ0v) is 21.4. The molecule has 2 aliphatic rings. The number of carbonyl (C=O) groups is 2. The molecular formula is C29H40N2O4. The number of rotatable bonds is 6. The van der Waals surface area contributed by atoms with Gasteiger partial charge in [0.15, 0.2) is 0 Å². The highest BCUT2D eigenvalue weighted by atomic mass is 16.5. The molecule has 1 N–H and O–H groups in total. The fourth-order valence-corrected chi connectivity index (χ4v) is 4.98. The summed E-state index contributed by atoms with van der Waals surface area (Å²) in [6.45, 7) is 8.01. The second-order valence-electron chi connectivity index (χ2n) is 9.37. The summed E-state index contributed by atoms with van der Waals surface area (Å²) in [6, 6.07) is 15.7. The fourth-order valence-electron chi connectivity index (χ4n) is 4.98. The number of hydrogen-bond acceptors (Lipinski definition) is 6. The van der Waals surface area contributed by atoms with E-state index in [1.807, 2.05) is 36.4 Å². The molecule has 0 amide bonds. The second kappa shape index (κ2) is 14.0. The molecule has 0 bridgehead atoms. The van der Waals surface area contributed by atoms with E-state index in [1.54, 1.807) is 0 Å². The van der Waals surface area contributed by atoms with E-state index >= 15 is 0 Å². The molecule has 2 saturated heterocycles. The number of carbonyl (C=O) groups excluding carboxylic acids is 2. The number of ether oxygens (including phenoxy) is 2. The van der Waals surface area contributed by atoms with Gasteiger partial charge in [-0.25, -0.2) is 9.59 Å². The van der Waals surface area contributed by atoms with Crippen LogP contribution in [0.5, 0.6) is 0 Å². The second-order valence-corrected chi connectivity index (χ2v) is 9.37. The van der Waals surface area contributed by atoms with Gasteiger partial charge in [-0.2, -0.15) is 0 Å². The van der Waals surface area contributed by atoms with E-state index < -0.39 is 0 Å². The third-order valence-corrected chi connectivity index (χ3v) is 7.07. The zero-order valence-electron chi connectivity index (χ0n) is 21.4. The Morgan fingerprint density at radius 2 is 1.20 bits per heavy atom. The van der Waals surface area contributed by atoms with Crippen LogP contribution in [0.15, 0.2) is 48.5 Å². The van der Waals surface area contributed by atoms with Crippen molar-refractivity contribution in [3.05, 3.63) is 70.8 Å². The number of nitrogens with zero attached hydrogens (tertiary/aromatic N) is 1. The zero-order chi connectivity index (χ0) is 25.0. The first-order valence-corrected chi connectivity index (χ1v) is 12.8. The summed E-state index contributed by atoms with van der Waals surface area (Å²) in [6.07, 6.45) is 6.03. The monoisotopic (exact) mass is 480 g/mol. The van der Waals surface area contributed by atoms with Crippen LogP contribution in [0.25, 0.3) is 0 Å². The largest absolute Gasteiger partial charge is 0.465 e. The van der Waals surface area contributed by atoms with Crippen molar-refractivity contribution in [1.29, 1.82) is 0 Å². The van der Waals surface area contributed by atoms with Gasteiger partial charge in [0.05, 0.1) is 25.3 Å². The number of benzene rings is 2. The van der Waals surface area contributed by atoms with Crippen LogP contribution in [0, 0.1) is 0 Å². The predicted molar refractivity (Wildman–Crippen MR) is 139 cm³/mol. The molecule has 2 fully saturated rings. The first-order valence-electron chi connectivity index (χ1n) is 12.8. The van der Waals surface area contributed by atoms with E-state index in [1.165, 1.54) is 77.1 Å². The van der Waals surface area contributed by atoms with Gasteiger partial charge < -0.3 is 19.7 Å². The van der Waals surface area contributed by atoms with E-state index in [4.69, 9.17) is 4.74 Å². The summed E-state index contributed by atoms with van der Waals surface area (Å²) in [4.78, 5) is 25.2. The van der Waals surface area contributed by atoms with Gasteiger partial charge in [0.25, 0.3) is 0 Å². The van der Waals surface area contributed by atoms with Crippen LogP contribution in [0.4, 0.5) is 0 Å². The molecule has 6 heteroatoms. The van der Waals surface area contributed by atoms with Crippen LogP contribution in [-0.2, 0) is 9.47 Å². The summed E-state index contributed by atoms with van der Waals surface area (Å²) >= 11 is 0. The number of methoxy groups -OCH3 is 2. The van der Waals surface area contributed by atoms with Gasteiger partial charge in [0.1, 0.15) is 0 Å². The normalized spacial score (nSPS) is 17.2. The highest BCUT2D eigenvalue weighted by Gasteiger charge is 2.20. The standard InChI is InChI=1S/C16H23NO2.C13H17NO2/c1-3-10-17-11-8-14(9-12-17)13-4-6-15(7-5-13)16(18)19-2;1-16-13(15)12-4-2-10(3-5-12)11-6-8-14-9-7-11/h4-7,14H,3,8-12H2,1-2H3;2-5,11,14H,6-9H2,1H3. The fraction of sp³-hybridized carbons (Fsp3) is 0.517. The van der Waals surface area contributed by atoms with E-state index in [0.717, 1.165) is 13.1 Å². The maximum absolute atomic E-state index is 11.4. The van der Waals surface area contributed by atoms with Crippen molar-refractivity contribution < 1.29 is 19.1 Å². The van der Waals surface area contributed by atoms with Crippen LogP contribution in [0.1, 0.15) is 82.7 Å². The van der Waals surface area contributed by atoms with Crippen molar-refractivity contribution in [3.8, 4) is 0 Å². The molecule has 0 saturated carbocycles. The maximum Gasteiger partial charge on any atom is 0.337 e. The summed E-state index contributed by atoms with van der Waals surface area (Å²) in [5.74, 6) is 0.744. The highest BCUT2D eigenvalue weighted by Crippen LogP contribution is 2.28. The lowest BCUT2D eigenvalue weighted by Gasteiger charge is -2.31. The third-order valence-electron chi connectivity index (χ3n) is 7.07. The molecule has 0 aromatic heterocycles. The molecule has 4 rings (SSSR count). The van der Waals surface area contributed by atoms with Crippen LogP contribution >= 0.6 is 0 Å². The smallest absolute Gasteiger partial charge is 0.337 e. The highest BCUT2D eigenvalue weighted by molar-refractivity contribution is 5.89. The van der Waals surface area contributed by atoms with Crippen molar-refractivity contribution >= 4 is 11.9 Å². The molecule has 0 atom stereocenters. The van der Waals surface area contributed by atoms with Gasteiger partial charge in [-0.3, -0.25) is 0 Å². The summed E-state index contributed by atoms with van der Waals surface area (Å²) in [7, 11) is 2.82. The minimum atomic E-state index is -0.267. The Kier molecular flexibility index (Phi) is 10.8. The van der Waals surface area contributed by atoms with Gasteiger partial charge in [-0.15, -0.1) is 0 Å². The lowest BCUT2D eigenvalue weighted by atomic mass is 9.89. The number of hydrogen-bond donors (Lipinski definition) is 1. The van der Waals surface area contributed by atoms with Gasteiger partial charge in [0, 0.05) is 0 Å². The van der Waals surface area contributed by atoms with Crippen LogP contribution in [-0.4, -0.2) is 63.8 Å². The van der Waals surface area contributed by atoms with Gasteiger partial charge >= 0.3 is 11.9 Å². The SMILES string of the molecule is CCCN1CCC(c2ccc(C(=O)OC)cc2)CC1.COC(=O)c1ccc(C2CCNCC2)cc1. The van der Waals surface area contributed by atoms with Crippen molar-refractivity contribution in [1.82, 2.24) is 10.2 Å². The molecule has 2 heterocycles. The Hall–Kier alpha value is -2.70. The maximum atomic E-state index is 11.4. The molecule has 35 heavy (non-hydrogen) atoms. The van der Waals surface area contributed by atoms with Crippen molar-refractivity contribution in [2.75, 3.05) is 46.9 Å². The molecule has 0 aliphatic carbocycles. The molecular weight excluding hydrogens is 440 g/mol. The summed E-state index contributed by atoms with van der Waals surface area (Å²) in [5.41, 5.74) is 3.94. The molecule has 0 unspecified atom stereocenters. The van der Waals surface area contributed by atoms with E-state index in [-0.39, 0.29) is 11.9 Å². The quantitative estimate of drug-likeness (QED) is 0.587. The Labute approximate surface area is 210 Å². The van der Waals surface area contributed by atoms with Crippen LogP contribution < -0.4 is 5.32 Å². The third kappa shape index (κ3) is 7.91. The lowest BCUT2D eigenvalue weighted by molar-refractivity contribution is 0.0592. The average molecular weight is 481 g/mol. The van der Waals surface area contributed by atoms with Crippen LogP contribution in [0.2, 0.25) is 0 Å². The molecule has 0 spiro atoms. The summed E-state index contributed by atoms with van der Waals surface area (Å²) < 4.78 is 9.39. The molecule has 2 aliphatic heterocycles. The molecule has 190 valence electrons. The number of piperidine rings is 2. The topological polar surface area (TPSA) is 67.9 Å². The van der Waals surface area contributed by atoms with Crippen LogP contribution in [0.3, 0.4) is 0 Å². The summed E-state index contributed by atoms with van der Waals surface area (Å²) in [5, 5.41) is 3.35. The molecule has 0 radical (unpaired) electrons. The van der Waals surface area contributed by atoms with E-state index in [9.17, 15) is 9.59 Å². The van der Waals surface area contributed by atoms with Crippen molar-refractivity contribution in [3.63, 3.8) is 0 Å². The molecule has 6 nitrogen and oxygen atoms in total. The van der Waals surface area contributed by atoms with Crippen molar-refractivity contribution in [2.24, 2.45) is 0 Å². The molecule has 2 aromatic rings. The number of likely N-dealkylation sites (tertiary alicyclic amines) is 1. The minimum Gasteiger partial charge on any atom is -0.465 e. The first-order chi connectivity index (χ1) is 17.0. The average Bonchev–Trinajstić information content (AvgIpc) is 2.94. The van der Waals surface area contributed by atoms with Crippen molar-refractivity contribution in [2.45, 2.75) is 50.9 Å². The van der Waals surface area contributed by atoms with Gasteiger partial charge in [0.2, 0.25) is 0 Å². The van der Waals surface area contributed by atoms with Gasteiger partial charge in [-0.1, -0.05) is 31.2 Å². The Bertz CT molecular complexity index is 913. The predicted octanol–water partition coefficient (Wildman–Crippen LogP) is 5.00. The Morgan fingerprint density at radius 3 is 1.60 bits per heavy atom. The minimum absolute atomic E-state index is 0.260. The first kappa shape index (κ1) is 26.9. The Morgan fingerprint density at radius 1 is 0.771 bits per heavy atom. The Balaban J connectivity index is 0.000000198. The number of nitrogens with one attached hydrogen (secondary N) is 1. The molecule has 2 aromatic carbocycles. The lowest BCUT2D eigenvalue weighted by Crippen LogP contribution is -2.33. The van der Waals surface area contributed by atoms with Gasteiger partial charge in [-0.05, 0) is 112 Å². The number of esters is 2.